The smallest absolute Gasteiger partial charge is 0.243 e. The second-order valence-corrected chi connectivity index (χ2v) is 9.81. The molecular weight excluding hydrogens is 396 g/mol. The fraction of sp³-hybridized carbons (Fsp3) is 0.292. The van der Waals surface area contributed by atoms with Gasteiger partial charge in [0.25, 0.3) is 0 Å². The van der Waals surface area contributed by atoms with Crippen molar-refractivity contribution in [3.63, 3.8) is 0 Å². The van der Waals surface area contributed by atoms with Crippen LogP contribution in [0.15, 0.2) is 77.7 Å². The summed E-state index contributed by atoms with van der Waals surface area (Å²) in [6.45, 7) is 1.30. The van der Waals surface area contributed by atoms with Crippen LogP contribution in [-0.4, -0.2) is 43.7 Å². The largest absolute Gasteiger partial charge is 0.341 e. The molecule has 3 aromatic rings. The van der Waals surface area contributed by atoms with Crippen molar-refractivity contribution in [2.45, 2.75) is 24.3 Å². The first kappa shape index (κ1) is 20.6. The lowest BCUT2D eigenvalue weighted by Crippen LogP contribution is -2.43. The standard InChI is InChI=1S/C24H26N2O3S/c1-25(18-19-7-3-2-4-8-19)24(27)21-13-15-26(16-14-21)30(28,29)23-12-11-20-9-5-6-10-22(20)17-23/h2-12,17,21H,13-16,18H2,1H3. The summed E-state index contributed by atoms with van der Waals surface area (Å²) in [5.74, 6) is -0.0524. The van der Waals surface area contributed by atoms with Crippen molar-refractivity contribution >= 4 is 26.7 Å². The molecule has 1 fully saturated rings. The highest BCUT2D eigenvalue weighted by atomic mass is 32.2. The van der Waals surface area contributed by atoms with Gasteiger partial charge < -0.3 is 4.90 Å². The molecule has 0 radical (unpaired) electrons. The molecule has 156 valence electrons. The van der Waals surface area contributed by atoms with E-state index in [1.807, 2.05) is 67.7 Å². The highest BCUT2D eigenvalue weighted by Crippen LogP contribution is 2.27. The minimum Gasteiger partial charge on any atom is -0.341 e. The molecule has 1 aliphatic heterocycles. The van der Waals surface area contributed by atoms with Crippen LogP contribution in [0.3, 0.4) is 0 Å². The second kappa shape index (κ2) is 8.58. The molecule has 1 heterocycles. The van der Waals surface area contributed by atoms with Gasteiger partial charge >= 0.3 is 0 Å². The SMILES string of the molecule is CN(Cc1ccccc1)C(=O)C1CCN(S(=O)(=O)c2ccc3ccccc3c2)CC1. The molecule has 0 aromatic heterocycles. The van der Waals surface area contributed by atoms with Crippen LogP contribution in [0.2, 0.25) is 0 Å². The summed E-state index contributed by atoms with van der Waals surface area (Å²) in [7, 11) is -1.75. The van der Waals surface area contributed by atoms with Crippen LogP contribution in [0.1, 0.15) is 18.4 Å². The van der Waals surface area contributed by atoms with Crippen molar-refractivity contribution in [1.29, 1.82) is 0 Å². The van der Waals surface area contributed by atoms with Gasteiger partial charge in [0.05, 0.1) is 4.90 Å². The molecule has 0 N–H and O–H groups in total. The fourth-order valence-electron chi connectivity index (χ4n) is 4.07. The summed E-state index contributed by atoms with van der Waals surface area (Å²) in [5, 5.41) is 1.92. The first-order valence-electron chi connectivity index (χ1n) is 10.2. The van der Waals surface area contributed by atoms with Crippen LogP contribution < -0.4 is 0 Å². The Morgan fingerprint density at radius 1 is 0.933 bits per heavy atom. The number of piperidine rings is 1. The monoisotopic (exact) mass is 422 g/mol. The summed E-state index contributed by atoms with van der Waals surface area (Å²) >= 11 is 0. The Labute approximate surface area is 178 Å². The molecule has 0 atom stereocenters. The van der Waals surface area contributed by atoms with Gasteiger partial charge in [-0.1, -0.05) is 60.7 Å². The van der Waals surface area contributed by atoms with Gasteiger partial charge in [0.15, 0.2) is 0 Å². The zero-order chi connectivity index (χ0) is 21.1. The summed E-state index contributed by atoms with van der Waals surface area (Å²) in [4.78, 5) is 14.9. The van der Waals surface area contributed by atoms with Gasteiger partial charge in [0.2, 0.25) is 15.9 Å². The summed E-state index contributed by atoms with van der Waals surface area (Å²) in [5.41, 5.74) is 1.09. The number of fused-ring (bicyclic) bond motifs is 1. The maximum absolute atomic E-state index is 13.1. The van der Waals surface area contributed by atoms with E-state index >= 15 is 0 Å². The predicted octanol–water partition coefficient (Wildman–Crippen LogP) is 3.90. The molecule has 0 spiro atoms. The molecule has 0 unspecified atom stereocenters. The number of hydrogen-bond acceptors (Lipinski definition) is 3. The number of carbonyl (C=O) groups excluding carboxylic acids is 1. The first-order valence-corrected chi connectivity index (χ1v) is 11.7. The second-order valence-electron chi connectivity index (χ2n) is 7.87. The molecule has 0 bridgehead atoms. The van der Waals surface area contributed by atoms with Crippen LogP contribution in [0, 0.1) is 5.92 Å². The molecule has 4 rings (SSSR count). The number of carbonyl (C=O) groups is 1. The minimum atomic E-state index is -3.56. The molecule has 0 saturated carbocycles. The molecule has 5 nitrogen and oxygen atoms in total. The van der Waals surface area contributed by atoms with Crippen LogP contribution in [0.4, 0.5) is 0 Å². The number of rotatable bonds is 5. The fourth-order valence-corrected chi connectivity index (χ4v) is 5.57. The van der Waals surface area contributed by atoms with Gasteiger partial charge in [-0.05, 0) is 41.3 Å². The van der Waals surface area contributed by atoms with E-state index in [2.05, 4.69) is 0 Å². The van der Waals surface area contributed by atoms with Crippen molar-refractivity contribution < 1.29 is 13.2 Å². The Morgan fingerprint density at radius 3 is 2.27 bits per heavy atom. The Balaban J connectivity index is 1.41. The number of sulfonamides is 1. The van der Waals surface area contributed by atoms with E-state index in [1.54, 1.807) is 17.0 Å². The summed E-state index contributed by atoms with van der Waals surface area (Å²) in [6.07, 6.45) is 1.09. The third-order valence-corrected chi connectivity index (χ3v) is 7.70. The Morgan fingerprint density at radius 2 is 1.57 bits per heavy atom. The van der Waals surface area contributed by atoms with Crippen molar-refractivity contribution in [2.24, 2.45) is 5.92 Å². The number of nitrogens with zero attached hydrogens (tertiary/aromatic N) is 2. The maximum Gasteiger partial charge on any atom is 0.243 e. The normalized spacial score (nSPS) is 15.9. The van der Waals surface area contributed by atoms with Crippen molar-refractivity contribution in [3.05, 3.63) is 78.4 Å². The van der Waals surface area contributed by atoms with Gasteiger partial charge in [0, 0.05) is 32.6 Å². The minimum absolute atomic E-state index is 0.0848. The van der Waals surface area contributed by atoms with E-state index in [9.17, 15) is 13.2 Å². The van der Waals surface area contributed by atoms with Crippen molar-refractivity contribution in [1.82, 2.24) is 9.21 Å². The Bertz CT molecular complexity index is 1140. The lowest BCUT2D eigenvalue weighted by Gasteiger charge is -2.32. The quantitative estimate of drug-likeness (QED) is 0.627. The first-order chi connectivity index (χ1) is 14.4. The molecular formula is C24H26N2O3S. The topological polar surface area (TPSA) is 57.7 Å². The zero-order valence-electron chi connectivity index (χ0n) is 17.1. The van der Waals surface area contributed by atoms with Crippen LogP contribution in [0.5, 0.6) is 0 Å². The summed E-state index contributed by atoms with van der Waals surface area (Å²) in [6, 6.07) is 22.9. The molecule has 30 heavy (non-hydrogen) atoms. The van der Waals surface area contributed by atoms with Gasteiger partial charge in [-0.3, -0.25) is 4.79 Å². The Hall–Kier alpha value is -2.70. The maximum atomic E-state index is 13.1. The van der Waals surface area contributed by atoms with Crippen LogP contribution >= 0.6 is 0 Å². The van der Waals surface area contributed by atoms with E-state index in [1.165, 1.54) is 4.31 Å². The lowest BCUT2D eigenvalue weighted by atomic mass is 9.96. The van der Waals surface area contributed by atoms with Gasteiger partial charge in [0.1, 0.15) is 0 Å². The van der Waals surface area contributed by atoms with Crippen LogP contribution in [0.25, 0.3) is 10.8 Å². The average molecular weight is 423 g/mol. The molecule has 6 heteroatoms. The number of benzene rings is 3. The molecule has 0 aliphatic carbocycles. The van der Waals surface area contributed by atoms with E-state index in [-0.39, 0.29) is 11.8 Å². The van der Waals surface area contributed by atoms with E-state index in [0.717, 1.165) is 16.3 Å². The third-order valence-electron chi connectivity index (χ3n) is 5.80. The Kier molecular flexibility index (Phi) is 5.88. The van der Waals surface area contributed by atoms with Gasteiger partial charge in [-0.2, -0.15) is 4.31 Å². The summed E-state index contributed by atoms with van der Waals surface area (Å²) < 4.78 is 27.7. The highest BCUT2D eigenvalue weighted by Gasteiger charge is 2.33. The van der Waals surface area contributed by atoms with Crippen molar-refractivity contribution in [2.75, 3.05) is 20.1 Å². The van der Waals surface area contributed by atoms with Gasteiger partial charge in [-0.15, -0.1) is 0 Å². The number of amides is 1. The molecule has 1 saturated heterocycles. The van der Waals surface area contributed by atoms with E-state index < -0.39 is 10.0 Å². The van der Waals surface area contributed by atoms with E-state index in [0.29, 0.717) is 37.4 Å². The molecule has 1 amide bonds. The van der Waals surface area contributed by atoms with E-state index in [4.69, 9.17) is 0 Å². The predicted molar refractivity (Wildman–Crippen MR) is 118 cm³/mol. The number of hydrogen-bond donors (Lipinski definition) is 0. The average Bonchev–Trinajstić information content (AvgIpc) is 2.79. The third kappa shape index (κ3) is 4.25. The molecule has 3 aromatic carbocycles. The molecule has 1 aliphatic rings. The lowest BCUT2D eigenvalue weighted by molar-refractivity contribution is -0.135. The highest BCUT2D eigenvalue weighted by molar-refractivity contribution is 7.89. The van der Waals surface area contributed by atoms with Gasteiger partial charge in [-0.25, -0.2) is 8.42 Å². The van der Waals surface area contributed by atoms with Crippen LogP contribution in [-0.2, 0) is 21.4 Å². The van der Waals surface area contributed by atoms with Crippen molar-refractivity contribution in [3.8, 4) is 0 Å². The zero-order valence-corrected chi connectivity index (χ0v) is 17.9.